The SMILES string of the molecule is COc1ccc(N(C)C(=O)C2OCC(O)C2O)cc1. The lowest BCUT2D eigenvalue weighted by Crippen LogP contribution is -2.43. The predicted octanol–water partition coefficient (Wildman–Crippen LogP) is -0.221. The summed E-state index contributed by atoms with van der Waals surface area (Å²) >= 11 is 0. The molecule has 0 aromatic heterocycles. The van der Waals surface area contributed by atoms with E-state index in [2.05, 4.69) is 0 Å². The maximum absolute atomic E-state index is 12.2. The van der Waals surface area contributed by atoms with E-state index in [1.807, 2.05) is 0 Å². The van der Waals surface area contributed by atoms with Crippen LogP contribution in [0.25, 0.3) is 0 Å². The lowest BCUT2D eigenvalue weighted by Gasteiger charge is -2.22. The van der Waals surface area contributed by atoms with E-state index < -0.39 is 24.2 Å². The molecule has 19 heavy (non-hydrogen) atoms. The minimum Gasteiger partial charge on any atom is -0.497 e. The molecule has 1 aromatic carbocycles. The molecule has 1 heterocycles. The number of hydrogen-bond donors (Lipinski definition) is 2. The number of rotatable bonds is 3. The van der Waals surface area contributed by atoms with Gasteiger partial charge in [-0.25, -0.2) is 0 Å². The predicted molar refractivity (Wildman–Crippen MR) is 68.2 cm³/mol. The Morgan fingerprint density at radius 3 is 2.47 bits per heavy atom. The van der Waals surface area contributed by atoms with Crippen molar-refractivity contribution in [3.63, 3.8) is 0 Å². The molecular weight excluding hydrogens is 250 g/mol. The number of carbonyl (C=O) groups excluding carboxylic acids is 1. The quantitative estimate of drug-likeness (QED) is 0.791. The molecular formula is C13H17NO5. The monoisotopic (exact) mass is 267 g/mol. The van der Waals surface area contributed by atoms with Gasteiger partial charge in [0, 0.05) is 12.7 Å². The average molecular weight is 267 g/mol. The zero-order valence-electron chi connectivity index (χ0n) is 10.8. The fourth-order valence-electron chi connectivity index (χ4n) is 1.94. The Balaban J connectivity index is 2.10. The van der Waals surface area contributed by atoms with E-state index in [1.165, 1.54) is 4.90 Å². The van der Waals surface area contributed by atoms with E-state index in [0.29, 0.717) is 11.4 Å². The number of aliphatic hydroxyl groups is 2. The number of benzene rings is 1. The number of anilines is 1. The largest absolute Gasteiger partial charge is 0.497 e. The summed E-state index contributed by atoms with van der Waals surface area (Å²) in [5.41, 5.74) is 0.656. The van der Waals surface area contributed by atoms with Crippen LogP contribution in [-0.4, -0.2) is 55.2 Å². The van der Waals surface area contributed by atoms with Crippen LogP contribution < -0.4 is 9.64 Å². The second-order valence-corrected chi connectivity index (χ2v) is 4.41. The highest BCUT2D eigenvalue weighted by Gasteiger charge is 2.41. The molecule has 1 aromatic rings. The second kappa shape index (κ2) is 5.56. The Morgan fingerprint density at radius 1 is 1.37 bits per heavy atom. The summed E-state index contributed by atoms with van der Waals surface area (Å²) in [5, 5.41) is 19.0. The van der Waals surface area contributed by atoms with Gasteiger partial charge in [-0.15, -0.1) is 0 Å². The van der Waals surface area contributed by atoms with Crippen molar-refractivity contribution in [2.45, 2.75) is 18.3 Å². The van der Waals surface area contributed by atoms with Gasteiger partial charge in [0.2, 0.25) is 0 Å². The molecule has 3 atom stereocenters. The Bertz CT molecular complexity index is 447. The highest BCUT2D eigenvalue weighted by atomic mass is 16.5. The summed E-state index contributed by atoms with van der Waals surface area (Å²) < 4.78 is 10.2. The molecule has 1 saturated heterocycles. The van der Waals surface area contributed by atoms with Crippen molar-refractivity contribution in [2.24, 2.45) is 0 Å². The number of nitrogens with zero attached hydrogens (tertiary/aromatic N) is 1. The Kier molecular flexibility index (Phi) is 4.04. The van der Waals surface area contributed by atoms with Crippen LogP contribution >= 0.6 is 0 Å². The molecule has 0 bridgehead atoms. The smallest absolute Gasteiger partial charge is 0.258 e. The lowest BCUT2D eigenvalue weighted by molar-refractivity contribution is -0.130. The standard InChI is InChI=1S/C13H17NO5/c1-14(8-3-5-9(18-2)6-4-8)13(17)12-11(16)10(15)7-19-12/h3-6,10-12,15-16H,7H2,1-2H3. The molecule has 1 aliphatic rings. The van der Waals surface area contributed by atoms with Crippen molar-refractivity contribution in [2.75, 3.05) is 25.7 Å². The number of methoxy groups -OCH3 is 1. The number of likely N-dealkylation sites (N-methyl/N-ethyl adjacent to an activating group) is 1. The van der Waals surface area contributed by atoms with Gasteiger partial charge in [0.1, 0.15) is 18.0 Å². The van der Waals surface area contributed by atoms with E-state index in [9.17, 15) is 15.0 Å². The third-order valence-electron chi connectivity index (χ3n) is 3.18. The molecule has 1 aliphatic heterocycles. The fraction of sp³-hybridized carbons (Fsp3) is 0.462. The maximum atomic E-state index is 12.2. The van der Waals surface area contributed by atoms with Crippen molar-refractivity contribution in [3.05, 3.63) is 24.3 Å². The van der Waals surface area contributed by atoms with Gasteiger partial charge >= 0.3 is 0 Å². The molecule has 1 fully saturated rings. The molecule has 2 N–H and O–H groups in total. The van der Waals surface area contributed by atoms with Gasteiger partial charge < -0.3 is 24.6 Å². The number of aliphatic hydroxyl groups excluding tert-OH is 2. The summed E-state index contributed by atoms with van der Waals surface area (Å²) in [4.78, 5) is 13.5. The maximum Gasteiger partial charge on any atom is 0.258 e. The zero-order chi connectivity index (χ0) is 14.0. The van der Waals surface area contributed by atoms with Crippen molar-refractivity contribution in [1.29, 1.82) is 0 Å². The van der Waals surface area contributed by atoms with E-state index in [1.54, 1.807) is 38.4 Å². The molecule has 6 heteroatoms. The van der Waals surface area contributed by atoms with E-state index in [-0.39, 0.29) is 6.61 Å². The first kappa shape index (κ1) is 13.8. The minimum absolute atomic E-state index is 0.0337. The molecule has 0 spiro atoms. The van der Waals surface area contributed by atoms with Crippen LogP contribution in [0.5, 0.6) is 5.75 Å². The van der Waals surface area contributed by atoms with Gasteiger partial charge in [-0.05, 0) is 24.3 Å². The van der Waals surface area contributed by atoms with Crippen molar-refractivity contribution in [1.82, 2.24) is 0 Å². The summed E-state index contributed by atoms with van der Waals surface area (Å²) in [6, 6.07) is 6.93. The Labute approximate surface area is 111 Å². The molecule has 0 saturated carbocycles. The van der Waals surface area contributed by atoms with Gasteiger partial charge in [-0.2, -0.15) is 0 Å². The third-order valence-corrected chi connectivity index (χ3v) is 3.18. The normalized spacial score (nSPS) is 26.2. The van der Waals surface area contributed by atoms with Gasteiger partial charge in [0.25, 0.3) is 5.91 Å². The topological polar surface area (TPSA) is 79.2 Å². The highest BCUT2D eigenvalue weighted by molar-refractivity contribution is 5.96. The van der Waals surface area contributed by atoms with Crippen LogP contribution in [0, 0.1) is 0 Å². The average Bonchev–Trinajstić information content (AvgIpc) is 2.77. The number of hydrogen-bond acceptors (Lipinski definition) is 5. The van der Waals surface area contributed by atoms with Gasteiger partial charge in [0.05, 0.1) is 13.7 Å². The molecule has 2 rings (SSSR count). The van der Waals surface area contributed by atoms with Crippen LogP contribution in [0.15, 0.2) is 24.3 Å². The summed E-state index contributed by atoms with van der Waals surface area (Å²) in [6.45, 7) is -0.0337. The number of ether oxygens (including phenoxy) is 2. The number of amides is 1. The van der Waals surface area contributed by atoms with Gasteiger partial charge in [-0.1, -0.05) is 0 Å². The number of carbonyl (C=O) groups is 1. The van der Waals surface area contributed by atoms with Crippen LogP contribution in [0.4, 0.5) is 5.69 Å². The van der Waals surface area contributed by atoms with E-state index in [4.69, 9.17) is 9.47 Å². The molecule has 104 valence electrons. The first-order chi connectivity index (χ1) is 9.04. The van der Waals surface area contributed by atoms with Crippen molar-refractivity contribution in [3.8, 4) is 5.75 Å². The Hall–Kier alpha value is -1.63. The highest BCUT2D eigenvalue weighted by Crippen LogP contribution is 2.22. The van der Waals surface area contributed by atoms with Crippen LogP contribution in [0.3, 0.4) is 0 Å². The molecule has 1 amide bonds. The zero-order valence-corrected chi connectivity index (χ0v) is 10.8. The molecule has 0 radical (unpaired) electrons. The van der Waals surface area contributed by atoms with E-state index in [0.717, 1.165) is 0 Å². The lowest BCUT2D eigenvalue weighted by atomic mass is 10.1. The second-order valence-electron chi connectivity index (χ2n) is 4.41. The van der Waals surface area contributed by atoms with Crippen molar-refractivity contribution < 1.29 is 24.5 Å². The first-order valence-corrected chi connectivity index (χ1v) is 5.94. The minimum atomic E-state index is -1.19. The van der Waals surface area contributed by atoms with Gasteiger partial charge in [0.15, 0.2) is 6.10 Å². The molecule has 0 aliphatic carbocycles. The Morgan fingerprint density at radius 2 is 2.00 bits per heavy atom. The van der Waals surface area contributed by atoms with Gasteiger partial charge in [-0.3, -0.25) is 4.79 Å². The molecule has 3 unspecified atom stereocenters. The van der Waals surface area contributed by atoms with Crippen molar-refractivity contribution >= 4 is 11.6 Å². The fourth-order valence-corrected chi connectivity index (χ4v) is 1.94. The first-order valence-electron chi connectivity index (χ1n) is 5.94. The van der Waals surface area contributed by atoms with Crippen LogP contribution in [-0.2, 0) is 9.53 Å². The summed E-state index contributed by atoms with van der Waals surface area (Å²) in [7, 11) is 3.15. The molecule has 6 nitrogen and oxygen atoms in total. The van der Waals surface area contributed by atoms with Crippen LogP contribution in [0.2, 0.25) is 0 Å². The summed E-state index contributed by atoms with van der Waals surface area (Å²) in [6.07, 6.45) is -3.23. The van der Waals surface area contributed by atoms with Crippen LogP contribution in [0.1, 0.15) is 0 Å². The summed E-state index contributed by atoms with van der Waals surface area (Å²) in [5.74, 6) is 0.298. The van der Waals surface area contributed by atoms with E-state index >= 15 is 0 Å². The third kappa shape index (κ3) is 2.70.